The van der Waals surface area contributed by atoms with Crippen LogP contribution in [0.4, 0.5) is 8.78 Å². The van der Waals surface area contributed by atoms with Crippen molar-refractivity contribution in [3.05, 3.63) is 29.7 Å². The maximum absolute atomic E-state index is 13.5. The van der Waals surface area contributed by atoms with E-state index >= 15 is 0 Å². The molecule has 3 fully saturated rings. The molecule has 3 aliphatic rings. The summed E-state index contributed by atoms with van der Waals surface area (Å²) >= 11 is 0. The van der Waals surface area contributed by atoms with Crippen LogP contribution in [0.2, 0.25) is 0 Å². The highest BCUT2D eigenvalue weighted by molar-refractivity contribution is 5.98. The number of ether oxygens (including phenoxy) is 2. The van der Waals surface area contributed by atoms with E-state index in [1.54, 1.807) is 6.92 Å². The Kier molecular flexibility index (Phi) is 8.23. The van der Waals surface area contributed by atoms with Gasteiger partial charge in [-0.05, 0) is 69.6 Å². The SMILES string of the molecule is C[C@H](N)c1oc(-c2ccc(OC(F)F)c(OCC3CC3)c2)nc1C(=O)N1CCC[C@H]1C(=O)NC1CC1.Cl. The van der Waals surface area contributed by atoms with Crippen LogP contribution in [0.25, 0.3) is 11.5 Å². The van der Waals surface area contributed by atoms with Crippen molar-refractivity contribution in [3.8, 4) is 23.0 Å². The highest BCUT2D eigenvalue weighted by atomic mass is 35.5. The minimum absolute atomic E-state index is 0. The van der Waals surface area contributed by atoms with E-state index in [1.807, 2.05) is 0 Å². The van der Waals surface area contributed by atoms with Crippen LogP contribution in [0.1, 0.15) is 67.7 Å². The normalized spacial score (nSPS) is 19.9. The first-order chi connectivity index (χ1) is 17.3. The summed E-state index contributed by atoms with van der Waals surface area (Å²) in [6.45, 7) is -0.504. The molecule has 1 aromatic carbocycles. The third-order valence-corrected chi connectivity index (χ3v) is 6.59. The van der Waals surface area contributed by atoms with E-state index in [1.165, 1.54) is 23.1 Å². The van der Waals surface area contributed by atoms with Gasteiger partial charge in [-0.15, -0.1) is 12.4 Å². The fourth-order valence-electron chi connectivity index (χ4n) is 4.30. The number of nitrogens with zero attached hydrogens (tertiary/aromatic N) is 2. The smallest absolute Gasteiger partial charge is 0.387 e. The van der Waals surface area contributed by atoms with Gasteiger partial charge in [0.2, 0.25) is 11.8 Å². The molecule has 9 nitrogen and oxygen atoms in total. The zero-order valence-corrected chi connectivity index (χ0v) is 21.3. The molecule has 2 aliphatic carbocycles. The average Bonchev–Trinajstić information content (AvgIpc) is 3.74. The Morgan fingerprint density at radius 1 is 1.22 bits per heavy atom. The fourth-order valence-corrected chi connectivity index (χ4v) is 4.30. The second-order valence-corrected chi connectivity index (χ2v) is 9.75. The highest BCUT2D eigenvalue weighted by Gasteiger charge is 2.39. The van der Waals surface area contributed by atoms with E-state index in [-0.39, 0.29) is 53.2 Å². The van der Waals surface area contributed by atoms with E-state index in [9.17, 15) is 18.4 Å². The van der Waals surface area contributed by atoms with Crippen molar-refractivity contribution in [3.63, 3.8) is 0 Å². The maximum Gasteiger partial charge on any atom is 0.387 e. The number of nitrogens with two attached hydrogens (primary N) is 1. The number of alkyl halides is 2. The summed E-state index contributed by atoms with van der Waals surface area (Å²) in [7, 11) is 0. The monoisotopic (exact) mass is 540 g/mol. The Bertz CT molecular complexity index is 1140. The zero-order valence-electron chi connectivity index (χ0n) is 20.5. The molecule has 0 spiro atoms. The van der Waals surface area contributed by atoms with Crippen LogP contribution in [0.5, 0.6) is 11.5 Å². The molecule has 12 heteroatoms. The minimum Gasteiger partial charge on any atom is -0.489 e. The van der Waals surface area contributed by atoms with Gasteiger partial charge in [0.05, 0.1) is 12.6 Å². The molecular formula is C25H31ClF2N4O5. The van der Waals surface area contributed by atoms with Gasteiger partial charge in [-0.25, -0.2) is 4.98 Å². The quantitative estimate of drug-likeness (QED) is 0.466. The van der Waals surface area contributed by atoms with E-state index < -0.39 is 24.6 Å². The number of amides is 2. The number of carbonyl (C=O) groups is 2. The number of oxazole rings is 1. The molecule has 0 bridgehead atoms. The number of carbonyl (C=O) groups excluding carboxylic acids is 2. The summed E-state index contributed by atoms with van der Waals surface area (Å²) in [6.07, 6.45) is 5.27. The maximum atomic E-state index is 13.5. The fraction of sp³-hybridized carbons (Fsp3) is 0.560. The van der Waals surface area contributed by atoms with Crippen molar-refractivity contribution in [1.82, 2.24) is 15.2 Å². The molecule has 2 aromatic rings. The summed E-state index contributed by atoms with van der Waals surface area (Å²) in [5.41, 5.74) is 6.56. The second-order valence-electron chi connectivity index (χ2n) is 9.75. The average molecular weight is 541 g/mol. The lowest BCUT2D eigenvalue weighted by atomic mass is 10.1. The molecule has 37 heavy (non-hydrogen) atoms. The van der Waals surface area contributed by atoms with Crippen molar-refractivity contribution in [2.45, 2.75) is 70.2 Å². The van der Waals surface area contributed by atoms with Crippen LogP contribution in [-0.4, -0.2) is 53.5 Å². The first kappa shape index (κ1) is 27.1. The number of aromatic nitrogens is 1. The Balaban J connectivity index is 0.00000320. The van der Waals surface area contributed by atoms with Gasteiger partial charge in [0, 0.05) is 18.2 Å². The summed E-state index contributed by atoms with van der Waals surface area (Å²) < 4.78 is 42.0. The Hall–Kier alpha value is -2.92. The Morgan fingerprint density at radius 2 is 1.97 bits per heavy atom. The lowest BCUT2D eigenvalue weighted by Crippen LogP contribution is -2.46. The standard InChI is InChI=1S/C25H30F2N4O5.ClH/c1-13(28)21-20(24(33)31-10-2-3-17(31)22(32)29-16-7-8-16)30-23(36-21)15-6-9-18(35-25(26)27)19(11-15)34-12-14-4-5-14;/h6,9,11,13-14,16-17,25H,2-5,7-8,10,12,28H2,1H3,(H,29,32);1H/t13-,17-;/m0./s1. The molecule has 1 aliphatic heterocycles. The van der Waals surface area contributed by atoms with Crippen LogP contribution in [0.3, 0.4) is 0 Å². The van der Waals surface area contributed by atoms with Gasteiger partial charge < -0.3 is 29.8 Å². The number of halogens is 3. The predicted molar refractivity (Wildman–Crippen MR) is 132 cm³/mol. The lowest BCUT2D eigenvalue weighted by molar-refractivity contribution is -0.125. The number of nitrogens with one attached hydrogen (secondary N) is 1. The predicted octanol–water partition coefficient (Wildman–Crippen LogP) is 4.06. The van der Waals surface area contributed by atoms with Gasteiger partial charge in [0.1, 0.15) is 6.04 Å². The molecule has 2 atom stereocenters. The van der Waals surface area contributed by atoms with Gasteiger partial charge >= 0.3 is 6.61 Å². The number of rotatable bonds is 10. The Morgan fingerprint density at radius 3 is 2.62 bits per heavy atom. The molecule has 3 N–H and O–H groups in total. The minimum atomic E-state index is -3.00. The zero-order chi connectivity index (χ0) is 25.4. The number of hydrogen-bond acceptors (Lipinski definition) is 7. The molecular weight excluding hydrogens is 510 g/mol. The third kappa shape index (κ3) is 6.32. The second kappa shape index (κ2) is 11.2. The van der Waals surface area contributed by atoms with Gasteiger partial charge in [-0.1, -0.05) is 0 Å². The molecule has 1 aromatic heterocycles. The first-order valence-corrected chi connectivity index (χ1v) is 12.4. The van der Waals surface area contributed by atoms with Crippen molar-refractivity contribution < 1.29 is 32.3 Å². The molecule has 0 radical (unpaired) electrons. The molecule has 5 rings (SSSR count). The topological polar surface area (TPSA) is 120 Å². The van der Waals surface area contributed by atoms with Gasteiger partial charge in [0.25, 0.3) is 5.91 Å². The van der Waals surface area contributed by atoms with Gasteiger partial charge in [-0.2, -0.15) is 8.78 Å². The molecule has 2 amide bonds. The highest BCUT2D eigenvalue weighted by Crippen LogP contribution is 2.37. The summed E-state index contributed by atoms with van der Waals surface area (Å²) in [5.74, 6) is 0.167. The van der Waals surface area contributed by atoms with Crippen molar-refractivity contribution in [2.24, 2.45) is 11.7 Å². The largest absolute Gasteiger partial charge is 0.489 e. The van der Waals surface area contributed by atoms with Crippen molar-refractivity contribution in [2.75, 3.05) is 13.2 Å². The molecule has 202 valence electrons. The van der Waals surface area contributed by atoms with Crippen LogP contribution in [-0.2, 0) is 4.79 Å². The van der Waals surface area contributed by atoms with E-state index in [0.29, 0.717) is 37.5 Å². The van der Waals surface area contributed by atoms with Crippen LogP contribution >= 0.6 is 12.4 Å². The summed E-state index contributed by atoms with van der Waals surface area (Å²) in [6, 6.07) is 3.37. The molecule has 2 heterocycles. The number of hydrogen-bond donors (Lipinski definition) is 2. The first-order valence-electron chi connectivity index (χ1n) is 12.4. The van der Waals surface area contributed by atoms with Crippen molar-refractivity contribution >= 4 is 24.2 Å². The summed E-state index contributed by atoms with van der Waals surface area (Å²) in [4.78, 5) is 32.2. The van der Waals surface area contributed by atoms with Crippen molar-refractivity contribution in [1.29, 1.82) is 0 Å². The number of likely N-dealkylation sites (tertiary alicyclic amines) is 1. The Labute approximate surface area is 219 Å². The third-order valence-electron chi connectivity index (χ3n) is 6.59. The van der Waals surface area contributed by atoms with Gasteiger partial charge in [0.15, 0.2) is 23.0 Å². The van der Waals surface area contributed by atoms with Gasteiger partial charge in [-0.3, -0.25) is 9.59 Å². The van der Waals surface area contributed by atoms with E-state index in [0.717, 1.165) is 25.7 Å². The molecule has 1 saturated heterocycles. The molecule has 0 unspecified atom stereocenters. The van der Waals surface area contributed by atoms with Crippen LogP contribution in [0, 0.1) is 5.92 Å². The number of benzene rings is 1. The van der Waals surface area contributed by atoms with Crippen LogP contribution < -0.4 is 20.5 Å². The van der Waals surface area contributed by atoms with Crippen LogP contribution in [0.15, 0.2) is 22.6 Å². The summed E-state index contributed by atoms with van der Waals surface area (Å²) in [5, 5.41) is 2.97. The molecule has 2 saturated carbocycles. The van der Waals surface area contributed by atoms with E-state index in [4.69, 9.17) is 14.9 Å². The lowest BCUT2D eigenvalue weighted by Gasteiger charge is -2.23. The van der Waals surface area contributed by atoms with E-state index in [2.05, 4.69) is 15.0 Å².